The lowest BCUT2D eigenvalue weighted by molar-refractivity contribution is -0.0399. The van der Waals surface area contributed by atoms with E-state index in [4.69, 9.17) is 19.4 Å². The van der Waals surface area contributed by atoms with E-state index in [2.05, 4.69) is 0 Å². The van der Waals surface area contributed by atoms with Gasteiger partial charge in [0.2, 0.25) is 0 Å². The van der Waals surface area contributed by atoms with E-state index in [0.717, 1.165) is 4.31 Å². The van der Waals surface area contributed by atoms with Gasteiger partial charge in [-0.15, -0.1) is 0 Å². The van der Waals surface area contributed by atoms with Crippen LogP contribution in [0.5, 0.6) is 0 Å². The molecule has 0 spiro atoms. The topological polar surface area (TPSA) is 90.0 Å². The Morgan fingerprint density at radius 3 is 2.13 bits per heavy atom. The minimum Gasteiger partial charge on any atom is -0.396 e. The fourth-order valence-electron chi connectivity index (χ4n) is 1.06. The second-order valence-electron chi connectivity index (χ2n) is 3.56. The highest BCUT2D eigenvalue weighted by atomic mass is 32.3. The second kappa shape index (κ2) is 5.37. The lowest BCUT2D eigenvalue weighted by atomic mass is 10.2. The number of rotatable bonds is 6. The van der Waals surface area contributed by atoms with E-state index in [9.17, 15) is 8.78 Å². The molecule has 0 aromatic carbocycles. The Labute approximate surface area is 89.5 Å². The van der Waals surface area contributed by atoms with Crippen molar-refractivity contribution in [2.75, 3.05) is 13.2 Å². The molecule has 0 heterocycles. The van der Waals surface area contributed by atoms with Crippen molar-refractivity contribution in [1.82, 2.24) is 4.31 Å². The Bertz CT molecular complexity index is 199. The number of alkyl halides is 2. The monoisotopic (exact) mass is 248 g/mol. The number of halogens is 2. The first-order valence-electron chi connectivity index (χ1n) is 4.41. The van der Waals surface area contributed by atoms with Gasteiger partial charge in [0.15, 0.2) is 0 Å². The second-order valence-corrected chi connectivity index (χ2v) is 5.15. The maximum Gasteiger partial charge on any atom is 0.264 e. The SMILES string of the molecule is CC(C)N(CC(F)(F)CCO)S(N)(O)O. The summed E-state index contributed by atoms with van der Waals surface area (Å²) in [4.78, 5) is 0. The summed E-state index contributed by atoms with van der Waals surface area (Å²) in [5.74, 6) is -3.19. The summed E-state index contributed by atoms with van der Waals surface area (Å²) in [6.07, 6.45) is -0.730. The maximum atomic E-state index is 13.1. The van der Waals surface area contributed by atoms with Gasteiger partial charge in [0.05, 0.1) is 6.54 Å². The molecule has 0 amide bonds. The van der Waals surface area contributed by atoms with E-state index in [1.807, 2.05) is 0 Å². The zero-order valence-electron chi connectivity index (χ0n) is 8.73. The van der Waals surface area contributed by atoms with E-state index in [1.165, 1.54) is 13.8 Å². The molecule has 0 fully saturated rings. The molecule has 0 aliphatic heterocycles. The smallest absolute Gasteiger partial charge is 0.264 e. The molecular formula is C7H18F2N2O3S. The summed E-state index contributed by atoms with van der Waals surface area (Å²) >= 11 is 0. The van der Waals surface area contributed by atoms with E-state index >= 15 is 0 Å². The van der Waals surface area contributed by atoms with Gasteiger partial charge in [0.1, 0.15) is 0 Å². The van der Waals surface area contributed by atoms with Crippen LogP contribution in [0.1, 0.15) is 20.3 Å². The molecule has 0 bridgehead atoms. The fourth-order valence-corrected chi connectivity index (χ4v) is 2.06. The van der Waals surface area contributed by atoms with Crippen molar-refractivity contribution in [2.45, 2.75) is 32.2 Å². The van der Waals surface area contributed by atoms with Crippen molar-refractivity contribution in [3.63, 3.8) is 0 Å². The molecule has 0 rings (SSSR count). The Morgan fingerprint density at radius 2 is 1.87 bits per heavy atom. The van der Waals surface area contributed by atoms with Gasteiger partial charge in [0.25, 0.3) is 5.92 Å². The molecule has 0 aromatic rings. The summed E-state index contributed by atoms with van der Waals surface area (Å²) in [5, 5.41) is 13.4. The minimum atomic E-state index is -3.64. The first-order chi connectivity index (χ1) is 6.60. The first-order valence-corrected chi connectivity index (χ1v) is 5.98. The summed E-state index contributed by atoms with van der Waals surface area (Å²) in [5.41, 5.74) is 0. The van der Waals surface area contributed by atoms with Gasteiger partial charge >= 0.3 is 0 Å². The highest BCUT2D eigenvalue weighted by Crippen LogP contribution is 2.38. The Hall–Kier alpha value is 0.01000. The molecule has 0 aliphatic rings. The predicted molar refractivity (Wildman–Crippen MR) is 55.5 cm³/mol. The minimum absolute atomic E-state index is 0.524. The number of nitrogens with zero attached hydrogens (tertiary/aromatic N) is 1. The summed E-state index contributed by atoms with van der Waals surface area (Å²) in [7, 11) is -3.64. The molecule has 5 nitrogen and oxygen atoms in total. The summed E-state index contributed by atoms with van der Waals surface area (Å²) in [6, 6.07) is -0.524. The van der Waals surface area contributed by atoms with Gasteiger partial charge < -0.3 is 5.11 Å². The summed E-state index contributed by atoms with van der Waals surface area (Å²) < 4.78 is 45.2. The summed E-state index contributed by atoms with van der Waals surface area (Å²) in [6.45, 7) is 1.50. The van der Waals surface area contributed by atoms with Crippen molar-refractivity contribution >= 4 is 11.0 Å². The molecular weight excluding hydrogens is 230 g/mol. The van der Waals surface area contributed by atoms with E-state index in [-0.39, 0.29) is 0 Å². The third kappa shape index (κ3) is 5.59. The molecule has 0 aromatic heterocycles. The van der Waals surface area contributed by atoms with Crippen LogP contribution in [-0.2, 0) is 0 Å². The first kappa shape index (κ1) is 15.0. The number of aliphatic hydroxyl groups excluding tert-OH is 1. The zero-order valence-corrected chi connectivity index (χ0v) is 9.55. The Morgan fingerprint density at radius 1 is 1.40 bits per heavy atom. The average molecular weight is 248 g/mol. The number of nitrogens with two attached hydrogens (primary N) is 1. The van der Waals surface area contributed by atoms with Gasteiger partial charge in [-0.25, -0.2) is 13.9 Å². The van der Waals surface area contributed by atoms with Crippen molar-refractivity contribution in [3.05, 3.63) is 0 Å². The van der Waals surface area contributed by atoms with Crippen molar-refractivity contribution in [3.8, 4) is 0 Å². The van der Waals surface area contributed by atoms with Crippen molar-refractivity contribution < 1.29 is 23.0 Å². The van der Waals surface area contributed by atoms with Crippen LogP contribution in [0.3, 0.4) is 0 Å². The van der Waals surface area contributed by atoms with E-state index < -0.39 is 42.5 Å². The van der Waals surface area contributed by atoms with Gasteiger partial charge in [-0.05, 0) is 13.8 Å². The van der Waals surface area contributed by atoms with Gasteiger partial charge in [-0.2, -0.15) is 4.31 Å². The third-order valence-corrected chi connectivity index (χ3v) is 3.03. The van der Waals surface area contributed by atoms with Crippen LogP contribution in [-0.4, -0.2) is 43.6 Å². The fraction of sp³-hybridized carbons (Fsp3) is 1.00. The molecule has 0 aliphatic carbocycles. The normalized spacial score (nSPS) is 15.1. The van der Waals surface area contributed by atoms with Crippen LogP contribution in [0.15, 0.2) is 0 Å². The average Bonchev–Trinajstić information content (AvgIpc) is 1.97. The van der Waals surface area contributed by atoms with E-state index in [1.54, 1.807) is 0 Å². The highest BCUT2D eigenvalue weighted by Gasteiger charge is 2.36. The van der Waals surface area contributed by atoms with Crippen molar-refractivity contribution in [1.29, 1.82) is 0 Å². The van der Waals surface area contributed by atoms with Crippen LogP contribution in [0.25, 0.3) is 0 Å². The standard InChI is InChI=1S/C7H18F2N2O3S/c1-6(2)11(15(10,13)14)5-7(8,9)3-4-12/h6,12-14H,3-5,10H2,1-2H3. The molecule has 94 valence electrons. The van der Waals surface area contributed by atoms with Gasteiger partial charge in [0, 0.05) is 19.1 Å². The van der Waals surface area contributed by atoms with Crippen LogP contribution in [0.2, 0.25) is 0 Å². The molecule has 5 N–H and O–H groups in total. The molecule has 0 saturated heterocycles. The number of hydrogen-bond donors (Lipinski definition) is 4. The zero-order chi connectivity index (χ0) is 12.3. The Balaban J connectivity index is 4.55. The van der Waals surface area contributed by atoms with Crippen molar-refractivity contribution in [2.24, 2.45) is 5.14 Å². The van der Waals surface area contributed by atoms with Crippen LogP contribution >= 0.6 is 11.0 Å². The highest BCUT2D eigenvalue weighted by molar-refractivity contribution is 8.20. The van der Waals surface area contributed by atoms with Crippen LogP contribution in [0, 0.1) is 0 Å². The molecule has 0 atom stereocenters. The lowest BCUT2D eigenvalue weighted by Gasteiger charge is -2.42. The Kier molecular flexibility index (Phi) is 5.38. The quantitative estimate of drug-likeness (QED) is 0.568. The number of aliphatic hydroxyl groups is 1. The van der Waals surface area contributed by atoms with E-state index in [0.29, 0.717) is 0 Å². The van der Waals surface area contributed by atoms with Crippen LogP contribution < -0.4 is 5.14 Å². The largest absolute Gasteiger partial charge is 0.396 e. The molecule has 0 saturated carbocycles. The van der Waals surface area contributed by atoms with Gasteiger partial charge in [-0.3, -0.25) is 9.11 Å². The third-order valence-electron chi connectivity index (χ3n) is 1.79. The van der Waals surface area contributed by atoms with Crippen LogP contribution in [0.4, 0.5) is 8.78 Å². The molecule has 0 radical (unpaired) electrons. The molecule has 8 heteroatoms. The predicted octanol–water partition coefficient (Wildman–Crippen LogP) is 1.25. The van der Waals surface area contributed by atoms with Gasteiger partial charge in [-0.1, -0.05) is 11.0 Å². The molecule has 0 unspecified atom stereocenters. The number of hydrogen-bond acceptors (Lipinski definition) is 5. The maximum absolute atomic E-state index is 13.1. The molecule has 15 heavy (non-hydrogen) atoms. The lowest BCUT2D eigenvalue weighted by Crippen LogP contribution is -2.45.